The number of nitrogens with one attached hydrogen (secondary N) is 12. The number of aliphatic hydroxyl groups excluding tert-OH is 1. The van der Waals surface area contributed by atoms with Gasteiger partial charge in [0.25, 0.3) is 0 Å². The standard InChI is InChI=1S/C50H86N16O14S/c1-26(2)19-34(42(73)43(74)35(21-30-23-55-25-58-30)63-47(78)36(22-38(51)69)64-48(79)37(66-54)20-27(3)4)56-16-9-8-12-39(70)65-41(29(6)68)49(80)62-32(13-14-40(71)72)46(77)60-31(11-10-17-57-50(52)53)45(76)61-33(15-18-81-7)44(75)59-28(5)24-67/h23-29,31-37,41,56,66,68H,8-22,54H2,1-7H3,(H2,51,69)(H,55,58)(H,59,75)(H,60,77)(H,61,76)(H,62,80)(H,63,78)(H,64,79)(H,65,70)(H,71,72)(H4,52,53,57)/t28-,29+,31-,32?,33?,34-,35-,36?,37-,41-/m0/s1. The van der Waals surface area contributed by atoms with E-state index < -0.39 is 145 Å². The van der Waals surface area contributed by atoms with Crippen molar-refractivity contribution in [3.63, 3.8) is 0 Å². The van der Waals surface area contributed by atoms with Gasteiger partial charge in [0.2, 0.25) is 58.8 Å². The number of nitrogens with zero attached hydrogens (tertiary/aromatic N) is 1. The number of aliphatic hydroxyl groups is 1. The van der Waals surface area contributed by atoms with Gasteiger partial charge < -0.3 is 79.3 Å². The van der Waals surface area contributed by atoms with E-state index in [-0.39, 0.29) is 88.7 Å². The molecule has 0 aliphatic heterocycles. The van der Waals surface area contributed by atoms with Crippen molar-refractivity contribution in [3.8, 4) is 0 Å². The first-order valence-corrected chi connectivity index (χ1v) is 28.1. The number of hydrogen-bond acceptors (Lipinski definition) is 19. The minimum absolute atomic E-state index is 0.0144. The number of aromatic amines is 1. The summed E-state index contributed by atoms with van der Waals surface area (Å²) in [4.78, 5) is 164. The van der Waals surface area contributed by atoms with E-state index >= 15 is 0 Å². The van der Waals surface area contributed by atoms with Gasteiger partial charge >= 0.3 is 5.97 Å². The molecule has 0 aromatic carbocycles. The maximum Gasteiger partial charge on any atom is 0.303 e. The number of carbonyl (C=O) groups is 12. The van der Waals surface area contributed by atoms with Gasteiger partial charge in [0.05, 0.1) is 37.0 Å². The van der Waals surface area contributed by atoms with Gasteiger partial charge in [0.15, 0.2) is 5.96 Å². The van der Waals surface area contributed by atoms with Gasteiger partial charge in [-0.25, -0.2) is 10.4 Å². The highest BCUT2D eigenvalue weighted by Crippen LogP contribution is 2.13. The van der Waals surface area contributed by atoms with Crippen molar-refractivity contribution >= 4 is 88.8 Å². The molecule has 8 amide bonds. The summed E-state index contributed by atoms with van der Waals surface area (Å²) >= 11 is 1.38. The number of carboxylic acids is 1. The number of aldehydes is 1. The Morgan fingerprint density at radius 1 is 0.667 bits per heavy atom. The van der Waals surface area contributed by atoms with Crippen molar-refractivity contribution in [1.82, 2.24) is 63.2 Å². The summed E-state index contributed by atoms with van der Waals surface area (Å²) in [6.45, 7) is 10.1. The molecule has 10 atom stereocenters. The number of hydrazine groups is 1. The lowest BCUT2D eigenvalue weighted by Gasteiger charge is -2.27. The number of guanidine groups is 1. The van der Waals surface area contributed by atoms with Gasteiger partial charge in [-0.3, -0.25) is 64.0 Å². The largest absolute Gasteiger partial charge is 0.481 e. The normalized spacial score (nSPS) is 14.9. The zero-order valence-electron chi connectivity index (χ0n) is 47.1. The third-order valence-electron chi connectivity index (χ3n) is 12.2. The number of amides is 8. The molecule has 456 valence electrons. The van der Waals surface area contributed by atoms with Gasteiger partial charge in [-0.1, -0.05) is 27.7 Å². The maximum absolute atomic E-state index is 14.0. The van der Waals surface area contributed by atoms with Crippen LogP contribution < -0.4 is 70.6 Å². The highest BCUT2D eigenvalue weighted by molar-refractivity contribution is 7.98. The van der Waals surface area contributed by atoms with E-state index in [2.05, 4.69) is 63.2 Å². The average molecular weight is 1170 g/mol. The maximum atomic E-state index is 14.0. The van der Waals surface area contributed by atoms with Crippen LogP contribution >= 0.6 is 11.8 Å². The third kappa shape index (κ3) is 29.3. The summed E-state index contributed by atoms with van der Waals surface area (Å²) in [5.74, 6) is -4.65. The number of carbonyl (C=O) groups excluding carboxylic acids is 11. The van der Waals surface area contributed by atoms with Crippen LogP contribution in [0.2, 0.25) is 0 Å². The zero-order chi connectivity index (χ0) is 61.4. The Bertz CT molecular complexity index is 2260. The fourth-order valence-corrected chi connectivity index (χ4v) is 8.41. The highest BCUT2D eigenvalue weighted by Gasteiger charge is 2.37. The van der Waals surface area contributed by atoms with Gasteiger partial charge in [0, 0.05) is 37.7 Å². The topological polar surface area (TPSA) is 496 Å². The lowest BCUT2D eigenvalue weighted by molar-refractivity contribution is -0.140. The summed E-state index contributed by atoms with van der Waals surface area (Å²) in [6, 6.07) is -11.8. The number of ketones is 2. The number of unbranched alkanes of at least 4 members (excludes halogenated alkanes) is 1. The van der Waals surface area contributed by atoms with E-state index in [9.17, 15) is 67.7 Å². The monoisotopic (exact) mass is 1170 g/mol. The molecule has 81 heavy (non-hydrogen) atoms. The lowest BCUT2D eigenvalue weighted by atomic mass is 9.93. The number of aromatic nitrogens is 2. The fourth-order valence-electron chi connectivity index (χ4n) is 7.94. The Kier molecular flexibility index (Phi) is 34.2. The van der Waals surface area contributed by atoms with Crippen molar-refractivity contribution in [2.45, 2.75) is 179 Å². The molecule has 3 unspecified atom stereocenters. The SMILES string of the molecule is CSCCC(NC(=O)[C@H](CCCNC(=N)N)NC(=O)C(CCC(=O)O)NC(=O)[C@@H](NC(=O)CCCCN[C@@H](CC(C)C)C(=O)C(=O)[C@H](Cc1cnc[nH]1)NC(=O)C(CC(N)=O)NC(=O)[C@H](CC(C)C)NN)[C@@H](C)O)C(=O)N[C@@H](C)C=O. The molecule has 0 saturated heterocycles. The third-order valence-corrected chi connectivity index (χ3v) is 12.8. The molecule has 0 bridgehead atoms. The predicted molar refractivity (Wildman–Crippen MR) is 298 cm³/mol. The van der Waals surface area contributed by atoms with Crippen LogP contribution in [0.3, 0.4) is 0 Å². The molecule has 1 heterocycles. The average Bonchev–Trinajstić information content (AvgIpc) is 3.93. The van der Waals surface area contributed by atoms with Crippen molar-refractivity contribution in [2.24, 2.45) is 29.1 Å². The number of H-pyrrole nitrogens is 1. The van der Waals surface area contributed by atoms with Crippen LogP contribution in [0, 0.1) is 17.2 Å². The minimum Gasteiger partial charge on any atom is -0.481 e. The first kappa shape index (κ1) is 71.9. The second kappa shape index (κ2) is 38.5. The van der Waals surface area contributed by atoms with E-state index in [0.29, 0.717) is 17.7 Å². The summed E-state index contributed by atoms with van der Waals surface area (Å²) in [7, 11) is 0. The Morgan fingerprint density at radius 2 is 1.20 bits per heavy atom. The summed E-state index contributed by atoms with van der Waals surface area (Å²) < 4.78 is 0. The second-order valence-electron chi connectivity index (χ2n) is 20.3. The summed E-state index contributed by atoms with van der Waals surface area (Å²) in [5, 5.41) is 50.5. The Morgan fingerprint density at radius 3 is 1.73 bits per heavy atom. The number of aliphatic carboxylic acids is 1. The summed E-state index contributed by atoms with van der Waals surface area (Å²) in [6.07, 6.45) is 2.22. The molecule has 1 aromatic rings. The number of primary amides is 1. The quantitative estimate of drug-likeness (QED) is 0.00562. The Balaban J connectivity index is 3.21. The molecule has 1 rings (SSSR count). The minimum atomic E-state index is -1.67. The molecule has 0 aliphatic carbocycles. The van der Waals surface area contributed by atoms with Gasteiger partial charge in [0.1, 0.15) is 42.5 Å². The first-order chi connectivity index (χ1) is 38.1. The number of imidazole rings is 1. The smallest absolute Gasteiger partial charge is 0.303 e. The molecule has 0 aliphatic rings. The van der Waals surface area contributed by atoms with Crippen LogP contribution in [0.5, 0.6) is 0 Å². The van der Waals surface area contributed by atoms with E-state index in [1.54, 1.807) is 6.26 Å². The van der Waals surface area contributed by atoms with Crippen LogP contribution in [0.1, 0.15) is 118 Å². The van der Waals surface area contributed by atoms with Crippen LogP contribution in [-0.4, -0.2) is 183 Å². The van der Waals surface area contributed by atoms with E-state index in [0.717, 1.165) is 0 Å². The molecular formula is C50H86N16O14S. The molecule has 0 spiro atoms. The zero-order valence-corrected chi connectivity index (χ0v) is 48.0. The lowest BCUT2D eigenvalue weighted by Crippen LogP contribution is -2.60. The van der Waals surface area contributed by atoms with E-state index in [1.165, 1.54) is 38.1 Å². The van der Waals surface area contributed by atoms with E-state index in [1.807, 2.05) is 27.7 Å². The van der Waals surface area contributed by atoms with Gasteiger partial charge in [-0.05, 0) is 95.6 Å². The number of nitrogens with two attached hydrogens (primary N) is 3. The number of rotatable bonds is 43. The molecule has 0 fully saturated rings. The number of carboxylic acid groups (broad SMARTS) is 1. The van der Waals surface area contributed by atoms with Crippen LogP contribution in [0.25, 0.3) is 0 Å². The Hall–Kier alpha value is -7.09. The summed E-state index contributed by atoms with van der Waals surface area (Å²) in [5.41, 5.74) is 13.5. The number of thioether (sulfide) groups is 1. The van der Waals surface area contributed by atoms with Crippen molar-refractivity contribution < 1.29 is 67.7 Å². The fraction of sp³-hybridized carbons (Fsp3) is 0.680. The highest BCUT2D eigenvalue weighted by atomic mass is 32.2. The first-order valence-electron chi connectivity index (χ1n) is 26.7. The second-order valence-corrected chi connectivity index (χ2v) is 21.3. The van der Waals surface area contributed by atoms with Crippen LogP contribution in [-0.2, 0) is 64.0 Å². The molecule has 31 heteroatoms. The molecule has 30 nitrogen and oxygen atoms in total. The van der Waals surface area contributed by atoms with Crippen molar-refractivity contribution in [3.05, 3.63) is 18.2 Å². The van der Waals surface area contributed by atoms with Gasteiger partial charge in [-0.2, -0.15) is 11.8 Å². The molecule has 0 saturated carbocycles. The molecule has 20 N–H and O–H groups in total. The number of hydrogen-bond donors (Lipinski definition) is 17. The van der Waals surface area contributed by atoms with Crippen LogP contribution in [0.4, 0.5) is 0 Å². The van der Waals surface area contributed by atoms with Crippen molar-refractivity contribution in [2.75, 3.05) is 25.1 Å². The molecule has 1 aromatic heterocycles. The predicted octanol–water partition coefficient (Wildman–Crippen LogP) is -4.11. The van der Waals surface area contributed by atoms with E-state index in [4.69, 9.17) is 22.7 Å². The van der Waals surface area contributed by atoms with Crippen molar-refractivity contribution in [1.29, 1.82) is 5.41 Å². The number of Topliss-reactive ketones (excluding diaryl/α,β-unsaturated/α-hetero) is 2. The van der Waals surface area contributed by atoms with Gasteiger partial charge in [-0.15, -0.1) is 0 Å². The Labute approximate surface area is 475 Å². The van der Waals surface area contributed by atoms with Crippen LogP contribution in [0.15, 0.2) is 12.5 Å². The molecule has 0 radical (unpaired) electrons. The molecular weight excluding hydrogens is 1080 g/mol.